The van der Waals surface area contributed by atoms with Gasteiger partial charge in [-0.15, -0.1) is 0 Å². The lowest BCUT2D eigenvalue weighted by Gasteiger charge is -2.36. The zero-order valence-corrected chi connectivity index (χ0v) is 27.6. The van der Waals surface area contributed by atoms with Gasteiger partial charge in [0.2, 0.25) is 5.91 Å². The number of fused-ring (bicyclic) bond motifs is 9. The summed E-state index contributed by atoms with van der Waals surface area (Å²) in [5, 5.41) is 11.0. The van der Waals surface area contributed by atoms with Crippen LogP contribution in [0, 0.1) is 5.92 Å². The van der Waals surface area contributed by atoms with Crippen molar-refractivity contribution in [1.29, 1.82) is 0 Å². The highest BCUT2D eigenvalue weighted by atomic mass is 32.2. The summed E-state index contributed by atoms with van der Waals surface area (Å²) in [5.74, 6) is -4.10. The summed E-state index contributed by atoms with van der Waals surface area (Å²) < 4.78 is 58.7. The van der Waals surface area contributed by atoms with Gasteiger partial charge in [-0.1, -0.05) is 18.2 Å². The molecule has 2 fully saturated rings. The lowest BCUT2D eigenvalue weighted by Crippen LogP contribution is -2.40. The number of nitrogens with one attached hydrogen (secondary N) is 2. The molecule has 6 heterocycles. The molecule has 0 saturated carbocycles. The molecule has 11 nitrogen and oxygen atoms in total. The van der Waals surface area contributed by atoms with E-state index in [2.05, 4.69) is 20.6 Å². The van der Waals surface area contributed by atoms with E-state index >= 15 is 8.78 Å². The molecule has 2 N–H and O–H groups in total. The molecular formula is C33H42F2N6O5S. The maximum atomic E-state index is 15.9. The van der Waals surface area contributed by atoms with Gasteiger partial charge in [-0.05, 0) is 76.7 Å². The highest BCUT2D eigenvalue weighted by Crippen LogP contribution is 2.42. The second kappa shape index (κ2) is 13.1. The summed E-state index contributed by atoms with van der Waals surface area (Å²) in [6.45, 7) is 4.09. The average Bonchev–Trinajstić information content (AvgIpc) is 3.04. The Bertz CT molecular complexity index is 1890. The quantitative estimate of drug-likeness (QED) is 0.403. The van der Waals surface area contributed by atoms with E-state index in [9.17, 15) is 22.8 Å². The van der Waals surface area contributed by atoms with E-state index in [4.69, 9.17) is 0 Å². The van der Waals surface area contributed by atoms with Gasteiger partial charge in [0.1, 0.15) is 9.84 Å². The normalized spacial score (nSPS) is 25.5. The second-order valence-corrected chi connectivity index (χ2v) is 15.5. The minimum Gasteiger partial charge on any atom is -0.362 e. The van der Waals surface area contributed by atoms with Crippen LogP contribution >= 0.6 is 0 Å². The number of benzene rings is 1. The van der Waals surface area contributed by atoms with E-state index < -0.39 is 50.8 Å². The van der Waals surface area contributed by atoms with Crippen LogP contribution < -0.4 is 21.8 Å². The number of carbonyl (C=O) groups is 1. The summed E-state index contributed by atoms with van der Waals surface area (Å²) >= 11 is 0. The summed E-state index contributed by atoms with van der Waals surface area (Å²) in [6.07, 6.45) is 3.85. The molecule has 1 atom stereocenters. The average molecular weight is 673 g/mol. The van der Waals surface area contributed by atoms with Crippen molar-refractivity contribution >= 4 is 32.3 Å². The largest absolute Gasteiger partial charge is 0.362 e. The first-order valence-electron chi connectivity index (χ1n) is 16.4. The van der Waals surface area contributed by atoms with Crippen molar-refractivity contribution in [3.63, 3.8) is 0 Å². The number of aromatic nitrogens is 3. The number of halogens is 2. The molecule has 254 valence electrons. The Morgan fingerprint density at radius 2 is 1.70 bits per heavy atom. The molecule has 0 unspecified atom stereocenters. The van der Waals surface area contributed by atoms with Gasteiger partial charge in [0, 0.05) is 48.3 Å². The van der Waals surface area contributed by atoms with Crippen LogP contribution in [-0.4, -0.2) is 71.3 Å². The van der Waals surface area contributed by atoms with Crippen LogP contribution in [0.2, 0.25) is 0 Å². The number of hydrogen-bond acceptors (Lipinski definition) is 8. The molecule has 8 bridgehead atoms. The van der Waals surface area contributed by atoms with E-state index in [1.807, 2.05) is 0 Å². The van der Waals surface area contributed by atoms with Crippen LogP contribution in [0.5, 0.6) is 0 Å². The van der Waals surface area contributed by atoms with Crippen molar-refractivity contribution in [3.05, 3.63) is 67.9 Å². The molecular weight excluding hydrogens is 630 g/mol. The third kappa shape index (κ3) is 6.85. The summed E-state index contributed by atoms with van der Waals surface area (Å²) in [7, 11) is -1.77. The van der Waals surface area contributed by atoms with Crippen LogP contribution in [0.25, 0.3) is 10.8 Å². The highest BCUT2D eigenvalue weighted by molar-refractivity contribution is 7.91. The second-order valence-electron chi connectivity index (χ2n) is 13.2. The fraction of sp³-hybridized carbons (Fsp3) is 0.576. The van der Waals surface area contributed by atoms with E-state index in [0.29, 0.717) is 49.8 Å². The van der Waals surface area contributed by atoms with Crippen molar-refractivity contribution in [3.8, 4) is 0 Å². The monoisotopic (exact) mass is 672 g/mol. The highest BCUT2D eigenvalue weighted by Gasteiger charge is 2.42. The minimum atomic E-state index is -3.22. The first kappa shape index (κ1) is 33.3. The van der Waals surface area contributed by atoms with Gasteiger partial charge in [0.05, 0.1) is 29.4 Å². The van der Waals surface area contributed by atoms with Crippen molar-refractivity contribution in [2.24, 2.45) is 13.0 Å². The number of nitrogens with zero attached hydrogens (tertiary/aromatic N) is 4. The zero-order chi connectivity index (χ0) is 33.5. The van der Waals surface area contributed by atoms with Crippen molar-refractivity contribution in [2.75, 3.05) is 43.0 Å². The number of alkyl halides is 2. The maximum Gasteiger partial charge on any atom is 0.276 e. The predicted octanol–water partition coefficient (Wildman–Crippen LogP) is 3.27. The first-order valence-corrected chi connectivity index (χ1v) is 18.3. The molecule has 0 radical (unpaired) electrons. The van der Waals surface area contributed by atoms with Gasteiger partial charge in [0.25, 0.3) is 17.0 Å². The zero-order valence-electron chi connectivity index (χ0n) is 26.8. The SMILES string of the molecule is C[C@H]1Nc2nn(C)c(=O)c3c(c(=O)n(C4CCS(=O)(=O)CC4)cc23)CC(=O)NCCCCN2CCC(CC2)C(F)(F)c2cccc1c2. The third-order valence-electron chi connectivity index (χ3n) is 10.0. The number of rotatable bonds is 1. The van der Waals surface area contributed by atoms with Crippen molar-refractivity contribution in [2.45, 2.75) is 69.9 Å². The molecule has 0 spiro atoms. The topological polar surface area (TPSA) is 135 Å². The lowest BCUT2D eigenvalue weighted by molar-refractivity contribution is -0.120. The maximum absolute atomic E-state index is 15.9. The smallest absolute Gasteiger partial charge is 0.276 e. The first-order chi connectivity index (χ1) is 22.3. The van der Waals surface area contributed by atoms with E-state index in [-0.39, 0.29) is 53.1 Å². The number of amides is 1. The molecule has 4 aliphatic heterocycles. The predicted molar refractivity (Wildman–Crippen MR) is 176 cm³/mol. The van der Waals surface area contributed by atoms with E-state index in [0.717, 1.165) is 17.6 Å². The Hall–Kier alpha value is -3.65. The number of anilines is 1. The summed E-state index contributed by atoms with van der Waals surface area (Å²) in [5.41, 5.74) is -0.501. The van der Waals surface area contributed by atoms with Crippen LogP contribution in [0.15, 0.2) is 40.1 Å². The number of aryl methyl sites for hydroxylation is 1. The lowest BCUT2D eigenvalue weighted by atomic mass is 9.85. The third-order valence-corrected chi connectivity index (χ3v) is 11.8. The van der Waals surface area contributed by atoms with E-state index in [1.54, 1.807) is 19.1 Å². The van der Waals surface area contributed by atoms with Gasteiger partial charge in [-0.2, -0.15) is 5.10 Å². The molecule has 1 aromatic carbocycles. The van der Waals surface area contributed by atoms with Gasteiger partial charge in [-0.3, -0.25) is 14.4 Å². The minimum absolute atomic E-state index is 0.0165. The Labute approximate surface area is 272 Å². The fourth-order valence-electron chi connectivity index (χ4n) is 7.19. The molecule has 3 aromatic rings. The van der Waals surface area contributed by atoms with Crippen LogP contribution in [0.1, 0.15) is 74.2 Å². The van der Waals surface area contributed by atoms with Crippen molar-refractivity contribution < 1.29 is 22.0 Å². The van der Waals surface area contributed by atoms with Crippen LogP contribution in [0.3, 0.4) is 0 Å². The van der Waals surface area contributed by atoms with Crippen LogP contribution in [-0.2, 0) is 34.0 Å². The number of hydrogen-bond donors (Lipinski definition) is 2. The Kier molecular flexibility index (Phi) is 9.27. The molecule has 1 amide bonds. The van der Waals surface area contributed by atoms with Gasteiger partial charge in [0.15, 0.2) is 5.82 Å². The molecule has 4 aliphatic rings. The molecule has 47 heavy (non-hydrogen) atoms. The van der Waals surface area contributed by atoms with Gasteiger partial charge < -0.3 is 20.1 Å². The van der Waals surface area contributed by atoms with Crippen molar-refractivity contribution in [1.82, 2.24) is 24.6 Å². The Morgan fingerprint density at radius 3 is 2.43 bits per heavy atom. The molecule has 14 heteroatoms. The molecule has 2 aromatic heterocycles. The van der Waals surface area contributed by atoms with Gasteiger partial charge >= 0.3 is 0 Å². The fourth-order valence-corrected chi connectivity index (χ4v) is 8.66. The standard InChI is InChI=1S/C33H42F2N6O5S/c1-21-22-6-5-7-24(18-22)33(34,35)23-8-14-40(15-9-23)13-4-3-12-36-28(42)19-26-29-27(30(37-21)38-39(2)32(29)44)20-41(31(26)43)25-10-16-47(45,46)17-11-25/h5-7,18,20-21,23,25H,3-4,8-17,19H2,1-2H3,(H,36,42)(H,37,38)/t21-/m1/s1. The number of piperidine rings is 1. The van der Waals surface area contributed by atoms with Crippen LogP contribution in [0.4, 0.5) is 14.6 Å². The summed E-state index contributed by atoms with van der Waals surface area (Å²) in [6, 6.07) is 5.39. The Morgan fingerprint density at radius 1 is 0.979 bits per heavy atom. The van der Waals surface area contributed by atoms with E-state index in [1.165, 1.54) is 29.9 Å². The number of carbonyl (C=O) groups excluding carboxylic acids is 1. The molecule has 0 aliphatic carbocycles. The number of pyridine rings is 1. The number of sulfone groups is 1. The molecule has 7 rings (SSSR count). The molecule has 2 saturated heterocycles. The Balaban J connectivity index is 1.47. The summed E-state index contributed by atoms with van der Waals surface area (Å²) in [4.78, 5) is 43.0. The van der Waals surface area contributed by atoms with Gasteiger partial charge in [-0.25, -0.2) is 21.9 Å².